The van der Waals surface area contributed by atoms with Gasteiger partial charge in [0.2, 0.25) is 0 Å². The zero-order chi connectivity index (χ0) is 19.1. The Balaban J connectivity index is 1.39. The quantitative estimate of drug-likeness (QED) is 0.856. The van der Waals surface area contributed by atoms with Crippen molar-refractivity contribution in [3.63, 3.8) is 0 Å². The first-order valence-corrected chi connectivity index (χ1v) is 10.6. The minimum absolute atomic E-state index is 0.0872. The van der Waals surface area contributed by atoms with Gasteiger partial charge in [0.25, 0.3) is 5.91 Å². The van der Waals surface area contributed by atoms with Crippen molar-refractivity contribution in [2.45, 2.75) is 25.3 Å². The SMILES string of the molecule is CN1CCCN(c2ccc3c(C(=O)N4CCN5CCC4CC5)n[nH]c3c2)CC1. The van der Waals surface area contributed by atoms with Crippen molar-refractivity contribution < 1.29 is 4.79 Å². The molecule has 28 heavy (non-hydrogen) atoms. The molecule has 0 saturated carbocycles. The van der Waals surface area contributed by atoms with Gasteiger partial charge in [-0.3, -0.25) is 9.89 Å². The van der Waals surface area contributed by atoms with Gasteiger partial charge in [0, 0.05) is 62.9 Å². The van der Waals surface area contributed by atoms with Gasteiger partial charge in [0.05, 0.1) is 5.52 Å². The van der Waals surface area contributed by atoms with Crippen molar-refractivity contribution in [3.05, 3.63) is 23.9 Å². The van der Waals surface area contributed by atoms with Crippen LogP contribution >= 0.6 is 0 Å². The highest BCUT2D eigenvalue weighted by molar-refractivity contribution is 6.05. The Kier molecular flexibility index (Phi) is 4.72. The lowest BCUT2D eigenvalue weighted by molar-refractivity contribution is 0.0681. The smallest absolute Gasteiger partial charge is 0.275 e. The van der Waals surface area contributed by atoms with Crippen molar-refractivity contribution in [1.82, 2.24) is 24.9 Å². The number of fused-ring (bicyclic) bond motifs is 5. The maximum Gasteiger partial charge on any atom is 0.275 e. The van der Waals surface area contributed by atoms with E-state index in [-0.39, 0.29) is 5.91 Å². The molecule has 6 rings (SSSR count). The number of hydrogen-bond donors (Lipinski definition) is 1. The van der Waals surface area contributed by atoms with Crippen LogP contribution in [0.3, 0.4) is 0 Å². The van der Waals surface area contributed by atoms with Crippen LogP contribution in [0.5, 0.6) is 0 Å². The Bertz CT molecular complexity index is 856. The first kappa shape index (κ1) is 17.9. The summed E-state index contributed by atoms with van der Waals surface area (Å²) in [6, 6.07) is 6.75. The van der Waals surface area contributed by atoms with E-state index < -0.39 is 0 Å². The van der Waals surface area contributed by atoms with Gasteiger partial charge < -0.3 is 19.6 Å². The second kappa shape index (κ2) is 7.37. The highest BCUT2D eigenvalue weighted by Crippen LogP contribution is 2.27. The van der Waals surface area contributed by atoms with E-state index in [0.717, 1.165) is 76.1 Å². The van der Waals surface area contributed by atoms with E-state index in [9.17, 15) is 4.79 Å². The van der Waals surface area contributed by atoms with Gasteiger partial charge in [0.1, 0.15) is 0 Å². The Morgan fingerprint density at radius 1 is 1.04 bits per heavy atom. The topological polar surface area (TPSA) is 58.7 Å². The van der Waals surface area contributed by atoms with Crippen LogP contribution in [0.25, 0.3) is 10.9 Å². The summed E-state index contributed by atoms with van der Waals surface area (Å²) in [4.78, 5) is 22.7. The second-order valence-corrected chi connectivity index (χ2v) is 8.52. The first-order valence-electron chi connectivity index (χ1n) is 10.6. The minimum atomic E-state index is 0.0872. The number of piperidine rings is 1. The number of carbonyl (C=O) groups excluding carboxylic acids is 1. The summed E-state index contributed by atoms with van der Waals surface area (Å²) >= 11 is 0. The number of benzene rings is 1. The normalized spacial score (nSPS) is 26.5. The lowest BCUT2D eigenvalue weighted by Gasteiger charge is -2.31. The van der Waals surface area contributed by atoms with Gasteiger partial charge in [0.15, 0.2) is 5.69 Å². The van der Waals surface area contributed by atoms with Crippen LogP contribution in [0.4, 0.5) is 5.69 Å². The molecule has 0 radical (unpaired) electrons. The van der Waals surface area contributed by atoms with Gasteiger partial charge >= 0.3 is 0 Å². The van der Waals surface area contributed by atoms with Crippen molar-refractivity contribution in [3.8, 4) is 0 Å². The fourth-order valence-corrected chi connectivity index (χ4v) is 4.96. The average Bonchev–Trinajstić information content (AvgIpc) is 2.87. The summed E-state index contributed by atoms with van der Waals surface area (Å²) in [6.07, 6.45) is 3.35. The number of nitrogens with one attached hydrogen (secondary N) is 1. The van der Waals surface area contributed by atoms with Crippen LogP contribution in [0, 0.1) is 0 Å². The molecule has 150 valence electrons. The van der Waals surface area contributed by atoms with Crippen LogP contribution in [0.2, 0.25) is 0 Å². The number of nitrogens with zero attached hydrogens (tertiary/aromatic N) is 5. The predicted octanol–water partition coefficient (Wildman–Crippen LogP) is 1.62. The molecule has 4 fully saturated rings. The molecule has 4 aliphatic heterocycles. The first-order chi connectivity index (χ1) is 13.7. The lowest BCUT2D eigenvalue weighted by atomic mass is 10.0. The van der Waals surface area contributed by atoms with Crippen molar-refractivity contribution in [1.29, 1.82) is 0 Å². The molecule has 5 heterocycles. The minimum Gasteiger partial charge on any atom is -0.370 e. The van der Waals surface area contributed by atoms with E-state index >= 15 is 0 Å². The monoisotopic (exact) mass is 382 g/mol. The number of aromatic nitrogens is 2. The number of amides is 1. The Morgan fingerprint density at radius 3 is 2.75 bits per heavy atom. The van der Waals surface area contributed by atoms with E-state index in [4.69, 9.17) is 0 Å². The molecule has 4 saturated heterocycles. The molecule has 4 aliphatic rings. The predicted molar refractivity (Wildman–Crippen MR) is 111 cm³/mol. The maximum atomic E-state index is 13.3. The Hall–Kier alpha value is -2.12. The van der Waals surface area contributed by atoms with E-state index in [2.05, 4.69) is 55.0 Å². The third-order valence-electron chi connectivity index (χ3n) is 6.75. The highest BCUT2D eigenvalue weighted by atomic mass is 16.2. The van der Waals surface area contributed by atoms with Gasteiger partial charge in [-0.25, -0.2) is 0 Å². The van der Waals surface area contributed by atoms with Crippen LogP contribution in [0.1, 0.15) is 29.8 Å². The third kappa shape index (κ3) is 3.26. The van der Waals surface area contributed by atoms with E-state index in [1.807, 2.05) is 0 Å². The zero-order valence-electron chi connectivity index (χ0n) is 16.7. The number of aromatic amines is 1. The van der Waals surface area contributed by atoms with Gasteiger partial charge in [-0.05, 0) is 51.1 Å². The summed E-state index contributed by atoms with van der Waals surface area (Å²) in [7, 11) is 2.19. The molecule has 7 heteroatoms. The molecule has 1 amide bonds. The molecule has 2 aromatic rings. The molecule has 7 nitrogen and oxygen atoms in total. The van der Waals surface area contributed by atoms with Crippen LogP contribution in [-0.4, -0.2) is 96.3 Å². The molecule has 1 N–H and O–H groups in total. The number of anilines is 1. The molecule has 0 atom stereocenters. The molecule has 1 aromatic carbocycles. The average molecular weight is 383 g/mol. The van der Waals surface area contributed by atoms with Crippen LogP contribution < -0.4 is 4.90 Å². The lowest BCUT2D eigenvalue weighted by Crippen LogP contribution is -2.41. The second-order valence-electron chi connectivity index (χ2n) is 8.52. The number of rotatable bonds is 2. The molecule has 0 unspecified atom stereocenters. The molecular weight excluding hydrogens is 352 g/mol. The van der Waals surface area contributed by atoms with Crippen LogP contribution in [0.15, 0.2) is 18.2 Å². The van der Waals surface area contributed by atoms with Crippen molar-refractivity contribution in [2.75, 3.05) is 64.3 Å². The summed E-state index contributed by atoms with van der Waals surface area (Å²) in [6.45, 7) is 8.37. The molecular formula is C21H30N6O. The fourth-order valence-electron chi connectivity index (χ4n) is 4.96. The number of carbonyl (C=O) groups is 1. The Morgan fingerprint density at radius 2 is 1.89 bits per heavy atom. The zero-order valence-corrected chi connectivity index (χ0v) is 16.7. The maximum absolute atomic E-state index is 13.3. The standard InChI is InChI=1S/C21H30N6O/c1-24-7-2-8-26(13-11-24)17-3-4-18-19(15-17)22-23-20(18)21(28)27-14-12-25-9-5-16(27)6-10-25/h3-4,15-16H,2,5-14H2,1H3,(H,22,23). The van der Waals surface area contributed by atoms with Crippen molar-refractivity contribution in [2.24, 2.45) is 0 Å². The molecule has 1 aromatic heterocycles. The van der Waals surface area contributed by atoms with E-state index in [1.54, 1.807) is 0 Å². The third-order valence-corrected chi connectivity index (χ3v) is 6.75. The number of H-pyrrole nitrogens is 1. The largest absolute Gasteiger partial charge is 0.370 e. The highest BCUT2D eigenvalue weighted by Gasteiger charge is 2.33. The number of likely N-dealkylation sites (N-methyl/N-ethyl adjacent to an activating group) is 1. The Labute approximate surface area is 166 Å². The summed E-state index contributed by atoms with van der Waals surface area (Å²) in [5, 5.41) is 8.51. The van der Waals surface area contributed by atoms with Crippen molar-refractivity contribution >= 4 is 22.5 Å². The summed E-state index contributed by atoms with van der Waals surface area (Å²) < 4.78 is 0. The van der Waals surface area contributed by atoms with Gasteiger partial charge in [-0.1, -0.05) is 0 Å². The summed E-state index contributed by atoms with van der Waals surface area (Å²) in [5.74, 6) is 0.0872. The van der Waals surface area contributed by atoms with E-state index in [1.165, 1.54) is 12.1 Å². The molecule has 0 spiro atoms. The fraction of sp³-hybridized carbons (Fsp3) is 0.619. The van der Waals surface area contributed by atoms with Gasteiger partial charge in [-0.2, -0.15) is 5.10 Å². The number of hydrogen-bond acceptors (Lipinski definition) is 5. The molecule has 0 aliphatic carbocycles. The van der Waals surface area contributed by atoms with E-state index in [0.29, 0.717) is 11.7 Å². The van der Waals surface area contributed by atoms with Crippen LogP contribution in [-0.2, 0) is 0 Å². The summed E-state index contributed by atoms with van der Waals surface area (Å²) in [5.41, 5.74) is 2.76. The molecule has 2 bridgehead atoms. The van der Waals surface area contributed by atoms with Gasteiger partial charge in [-0.15, -0.1) is 0 Å².